The van der Waals surface area contributed by atoms with Crippen molar-refractivity contribution in [2.45, 2.75) is 97.5 Å². The number of phenols is 1. The number of hydrogen-bond acceptors (Lipinski definition) is 9. The summed E-state index contributed by atoms with van der Waals surface area (Å²) in [6.45, 7) is 8.67. The Morgan fingerprint density at radius 2 is 1.76 bits per heavy atom. The summed E-state index contributed by atoms with van der Waals surface area (Å²) in [6, 6.07) is 2.88. The first kappa shape index (κ1) is 29.9. The van der Waals surface area contributed by atoms with Gasteiger partial charge in [0.25, 0.3) is 5.91 Å². The van der Waals surface area contributed by atoms with Crippen molar-refractivity contribution in [2.75, 3.05) is 5.73 Å². The van der Waals surface area contributed by atoms with Crippen molar-refractivity contribution in [3.8, 4) is 5.75 Å². The summed E-state index contributed by atoms with van der Waals surface area (Å²) in [5.41, 5.74) is 5.53. The molecule has 206 valence electrons. The van der Waals surface area contributed by atoms with Crippen LogP contribution >= 0.6 is 0 Å². The highest BCUT2D eigenvalue weighted by atomic mass is 16.6. The van der Waals surface area contributed by atoms with Gasteiger partial charge in [0.15, 0.2) is 17.9 Å². The van der Waals surface area contributed by atoms with E-state index in [2.05, 4.69) is 12.2 Å². The fraction of sp³-hybridized carbons (Fsp3) is 0.630. The van der Waals surface area contributed by atoms with Crippen molar-refractivity contribution < 1.29 is 38.5 Å². The van der Waals surface area contributed by atoms with Crippen LogP contribution in [-0.4, -0.2) is 53.3 Å². The van der Waals surface area contributed by atoms with Crippen LogP contribution in [0, 0.1) is 11.8 Å². The number of rotatable bonds is 10. The highest BCUT2D eigenvalue weighted by molar-refractivity contribution is 6.00. The van der Waals surface area contributed by atoms with Gasteiger partial charge < -0.3 is 30.4 Å². The molecule has 4 N–H and O–H groups in total. The zero-order valence-corrected chi connectivity index (χ0v) is 22.3. The highest BCUT2D eigenvalue weighted by Gasteiger charge is 2.44. The summed E-state index contributed by atoms with van der Waals surface area (Å²) in [5, 5.41) is 12.6. The van der Waals surface area contributed by atoms with Gasteiger partial charge in [0.2, 0.25) is 0 Å². The fourth-order valence-electron chi connectivity index (χ4n) is 4.12. The summed E-state index contributed by atoms with van der Waals surface area (Å²) < 4.78 is 17.0. The molecule has 0 bridgehead atoms. The van der Waals surface area contributed by atoms with Gasteiger partial charge in [-0.25, -0.2) is 4.79 Å². The molecule has 1 heterocycles. The zero-order valence-electron chi connectivity index (χ0n) is 22.3. The van der Waals surface area contributed by atoms with E-state index in [1.807, 2.05) is 6.92 Å². The minimum atomic E-state index is -1.37. The Labute approximate surface area is 218 Å². The molecule has 1 aromatic rings. The Balaban J connectivity index is 2.34. The predicted molar refractivity (Wildman–Crippen MR) is 136 cm³/mol. The average molecular weight is 521 g/mol. The molecule has 1 aromatic carbocycles. The Bertz CT molecular complexity index is 966. The zero-order chi connectivity index (χ0) is 27.7. The number of nitrogen functional groups attached to an aromatic ring is 1. The van der Waals surface area contributed by atoms with E-state index < -0.39 is 65.8 Å². The molecule has 10 heteroatoms. The molecule has 1 fully saturated rings. The molecule has 2 rings (SSSR count). The molecule has 37 heavy (non-hydrogen) atoms. The molecule has 10 nitrogen and oxygen atoms in total. The summed E-state index contributed by atoms with van der Waals surface area (Å²) >= 11 is 0. The molecule has 1 saturated heterocycles. The second-order valence-electron chi connectivity index (χ2n) is 9.65. The number of benzene rings is 1. The van der Waals surface area contributed by atoms with E-state index in [9.17, 15) is 24.3 Å². The monoisotopic (exact) mass is 520 g/mol. The number of carbonyl (C=O) groups excluding carboxylic acids is 4. The maximum Gasteiger partial charge on any atom is 0.332 e. The van der Waals surface area contributed by atoms with E-state index in [1.54, 1.807) is 13.8 Å². The number of cyclic esters (lactones) is 2. The number of ether oxygens (including phenoxy) is 3. The average Bonchev–Trinajstić information content (AvgIpc) is 2.88. The molecule has 6 atom stereocenters. The number of phenolic OH excluding ortho intramolecular Hbond substituents is 1. The van der Waals surface area contributed by atoms with Gasteiger partial charge in [-0.2, -0.15) is 0 Å². The first-order valence-electron chi connectivity index (χ1n) is 13.0. The number of para-hydroxylation sites is 1. The second-order valence-corrected chi connectivity index (χ2v) is 9.65. The van der Waals surface area contributed by atoms with Gasteiger partial charge in [0.1, 0.15) is 12.2 Å². The Morgan fingerprint density at radius 1 is 1.08 bits per heavy atom. The maximum atomic E-state index is 13.3. The van der Waals surface area contributed by atoms with Gasteiger partial charge in [-0.1, -0.05) is 52.5 Å². The van der Waals surface area contributed by atoms with Crippen LogP contribution in [0.25, 0.3) is 0 Å². The molecule has 0 spiro atoms. The number of carbonyl (C=O) groups is 4. The largest absolute Gasteiger partial charge is 0.505 e. The molecule has 0 aromatic heterocycles. The molecule has 0 unspecified atom stereocenters. The van der Waals surface area contributed by atoms with Crippen LogP contribution in [0.15, 0.2) is 18.2 Å². The standard InChI is InChI=1S/C27H40N2O8/c1-6-8-9-10-12-19-23(37-25(32)15(3)7-2)17(5)36-27(34)21(16(4)35-26(19)33)29-24(31)18-13-11-14-20(28)22(18)30/h11,13-17,19,21,23,30H,6-10,12,28H2,1-5H3,(H,29,31)/t15-,16+,17-,19+,21-,23-/m0/s1. The minimum Gasteiger partial charge on any atom is -0.505 e. The third kappa shape index (κ3) is 7.84. The van der Waals surface area contributed by atoms with Crippen molar-refractivity contribution in [3.63, 3.8) is 0 Å². The molecule has 1 amide bonds. The topological polar surface area (TPSA) is 154 Å². The molecule has 0 aliphatic carbocycles. The number of aromatic hydroxyl groups is 1. The quantitative estimate of drug-likeness (QED) is 0.138. The van der Waals surface area contributed by atoms with Gasteiger partial charge in [0.05, 0.1) is 23.1 Å². The van der Waals surface area contributed by atoms with Gasteiger partial charge >= 0.3 is 17.9 Å². The van der Waals surface area contributed by atoms with Crippen LogP contribution in [0.5, 0.6) is 5.75 Å². The summed E-state index contributed by atoms with van der Waals surface area (Å²) in [7, 11) is 0. The lowest BCUT2D eigenvalue weighted by atomic mass is 9.91. The Hall–Kier alpha value is -3.30. The predicted octanol–water partition coefficient (Wildman–Crippen LogP) is 3.49. The number of esters is 3. The Morgan fingerprint density at radius 3 is 2.41 bits per heavy atom. The van der Waals surface area contributed by atoms with Crippen LogP contribution in [0.2, 0.25) is 0 Å². The molecule has 1 aliphatic heterocycles. The lowest BCUT2D eigenvalue weighted by Gasteiger charge is -2.30. The van der Waals surface area contributed by atoms with Crippen molar-refractivity contribution >= 4 is 29.5 Å². The summed E-state index contributed by atoms with van der Waals surface area (Å²) in [6.07, 6.45) is 1.41. The minimum absolute atomic E-state index is 0.00493. The summed E-state index contributed by atoms with van der Waals surface area (Å²) in [4.78, 5) is 52.0. The Kier molecular flexibility index (Phi) is 11.2. The third-order valence-electron chi connectivity index (χ3n) is 6.72. The number of nitrogens with one attached hydrogen (secondary N) is 1. The van der Waals surface area contributed by atoms with Gasteiger partial charge in [-0.3, -0.25) is 14.4 Å². The van der Waals surface area contributed by atoms with E-state index in [4.69, 9.17) is 19.9 Å². The molecular formula is C27H40N2O8. The smallest absolute Gasteiger partial charge is 0.332 e. The maximum absolute atomic E-state index is 13.3. The highest BCUT2D eigenvalue weighted by Crippen LogP contribution is 2.28. The van der Waals surface area contributed by atoms with Crippen LogP contribution in [0.3, 0.4) is 0 Å². The number of amides is 1. The van der Waals surface area contributed by atoms with E-state index in [0.29, 0.717) is 19.3 Å². The van der Waals surface area contributed by atoms with Crippen LogP contribution in [0.4, 0.5) is 5.69 Å². The third-order valence-corrected chi connectivity index (χ3v) is 6.72. The van der Waals surface area contributed by atoms with Crippen LogP contribution in [0.1, 0.15) is 83.5 Å². The van der Waals surface area contributed by atoms with E-state index in [1.165, 1.54) is 25.1 Å². The van der Waals surface area contributed by atoms with E-state index in [-0.39, 0.29) is 11.3 Å². The van der Waals surface area contributed by atoms with Crippen LogP contribution < -0.4 is 11.1 Å². The number of unbranched alkanes of at least 4 members (excludes halogenated alkanes) is 3. The van der Waals surface area contributed by atoms with Crippen molar-refractivity contribution in [1.29, 1.82) is 0 Å². The number of anilines is 1. The second kappa shape index (κ2) is 13.9. The van der Waals surface area contributed by atoms with Gasteiger partial charge in [0, 0.05) is 0 Å². The lowest BCUT2D eigenvalue weighted by Crippen LogP contribution is -2.50. The molecule has 1 aliphatic rings. The number of nitrogens with two attached hydrogens (primary N) is 1. The van der Waals surface area contributed by atoms with Crippen molar-refractivity contribution in [1.82, 2.24) is 5.32 Å². The fourth-order valence-corrected chi connectivity index (χ4v) is 4.12. The normalized spacial score (nSPS) is 25.1. The van der Waals surface area contributed by atoms with E-state index >= 15 is 0 Å². The SMILES string of the molecule is CCCCCC[C@H]1C(=O)O[C@H](C)[C@H](NC(=O)c2cccc(N)c2O)C(=O)O[C@@H](C)[C@@H]1OC(=O)[C@@H](C)CC. The molecule has 0 saturated carbocycles. The van der Waals surface area contributed by atoms with Gasteiger partial charge in [-0.15, -0.1) is 0 Å². The van der Waals surface area contributed by atoms with Crippen molar-refractivity contribution in [3.05, 3.63) is 23.8 Å². The molecular weight excluding hydrogens is 480 g/mol. The summed E-state index contributed by atoms with van der Waals surface area (Å²) in [5.74, 6) is -4.46. The van der Waals surface area contributed by atoms with Crippen molar-refractivity contribution in [2.24, 2.45) is 11.8 Å². The lowest BCUT2D eigenvalue weighted by molar-refractivity contribution is -0.177. The van der Waals surface area contributed by atoms with Gasteiger partial charge in [-0.05, 0) is 38.8 Å². The first-order chi connectivity index (χ1) is 17.5. The van der Waals surface area contributed by atoms with E-state index in [0.717, 1.165) is 19.3 Å². The van der Waals surface area contributed by atoms with Crippen LogP contribution in [-0.2, 0) is 28.6 Å². The number of hydrogen-bond donors (Lipinski definition) is 3. The first-order valence-corrected chi connectivity index (χ1v) is 13.0. The molecule has 0 radical (unpaired) electrons.